The van der Waals surface area contributed by atoms with Gasteiger partial charge in [-0.2, -0.15) is 17.6 Å². The molecular weight excluding hydrogens is 356 g/mol. The van der Waals surface area contributed by atoms with Gasteiger partial charge in [-0.15, -0.1) is 0 Å². The van der Waals surface area contributed by atoms with Crippen LogP contribution in [0.3, 0.4) is 0 Å². The van der Waals surface area contributed by atoms with E-state index in [4.69, 9.17) is 0 Å². The molecule has 2 aromatic rings. The van der Waals surface area contributed by atoms with Crippen molar-refractivity contribution in [1.29, 1.82) is 0 Å². The highest BCUT2D eigenvalue weighted by atomic mass is 19.3. The van der Waals surface area contributed by atoms with Crippen LogP contribution in [-0.2, 0) is 6.42 Å². The van der Waals surface area contributed by atoms with E-state index in [1.807, 2.05) is 0 Å². The molecule has 2 amide bonds. The quantitative estimate of drug-likeness (QED) is 0.681. The molecular formula is C17H16F4N2O3. The molecule has 0 fully saturated rings. The van der Waals surface area contributed by atoms with Crippen molar-refractivity contribution in [2.24, 2.45) is 0 Å². The van der Waals surface area contributed by atoms with Gasteiger partial charge in [0, 0.05) is 12.2 Å². The lowest BCUT2D eigenvalue weighted by atomic mass is 10.1. The van der Waals surface area contributed by atoms with Gasteiger partial charge in [0.15, 0.2) is 0 Å². The Balaban J connectivity index is 1.76. The Hall–Kier alpha value is -2.97. The predicted octanol–water partition coefficient (Wildman–Crippen LogP) is 4.25. The van der Waals surface area contributed by atoms with Gasteiger partial charge in [-0.3, -0.25) is 0 Å². The van der Waals surface area contributed by atoms with Crippen LogP contribution < -0.4 is 20.1 Å². The van der Waals surface area contributed by atoms with Crippen molar-refractivity contribution in [3.8, 4) is 11.5 Å². The van der Waals surface area contributed by atoms with Crippen LogP contribution in [0.5, 0.6) is 11.5 Å². The number of carbonyl (C=O) groups excluding carboxylic acids is 1. The van der Waals surface area contributed by atoms with Gasteiger partial charge in [-0.05, 0) is 48.4 Å². The monoisotopic (exact) mass is 372 g/mol. The van der Waals surface area contributed by atoms with Crippen molar-refractivity contribution in [1.82, 2.24) is 5.32 Å². The number of ether oxygens (including phenoxy) is 2. The van der Waals surface area contributed by atoms with Crippen LogP contribution in [0, 0.1) is 0 Å². The molecule has 0 aliphatic rings. The molecule has 9 heteroatoms. The molecule has 0 saturated heterocycles. The molecule has 2 N–H and O–H groups in total. The number of carbonyl (C=O) groups is 1. The summed E-state index contributed by atoms with van der Waals surface area (Å²) in [6, 6.07) is 11.1. The zero-order valence-corrected chi connectivity index (χ0v) is 13.4. The first-order chi connectivity index (χ1) is 12.4. The van der Waals surface area contributed by atoms with Gasteiger partial charge in [0.2, 0.25) is 0 Å². The number of amides is 2. The Morgan fingerprint density at radius 2 is 1.58 bits per heavy atom. The summed E-state index contributed by atoms with van der Waals surface area (Å²) in [5.74, 6) is 0.0323. The summed E-state index contributed by atoms with van der Waals surface area (Å²) in [4.78, 5) is 11.8. The van der Waals surface area contributed by atoms with Crippen molar-refractivity contribution in [3.05, 3.63) is 54.1 Å². The van der Waals surface area contributed by atoms with Gasteiger partial charge in [0.25, 0.3) is 0 Å². The molecule has 0 heterocycles. The van der Waals surface area contributed by atoms with Crippen molar-refractivity contribution < 1.29 is 31.8 Å². The van der Waals surface area contributed by atoms with Crippen molar-refractivity contribution in [3.63, 3.8) is 0 Å². The number of anilines is 1. The Bertz CT molecular complexity index is 711. The standard InChI is InChI=1S/C17H16F4N2O3/c18-15(19)25-13-6-4-12(5-7-13)23-17(24)22-9-8-11-2-1-3-14(10-11)26-16(20)21/h1-7,10,15-16H,8-9H2,(H2,22,23,24). The van der Waals surface area contributed by atoms with Crippen molar-refractivity contribution in [2.45, 2.75) is 19.6 Å². The minimum absolute atomic E-state index is 0.0168. The lowest BCUT2D eigenvalue weighted by Crippen LogP contribution is -2.30. The number of nitrogens with one attached hydrogen (secondary N) is 2. The Morgan fingerprint density at radius 1 is 0.923 bits per heavy atom. The fraction of sp³-hybridized carbons (Fsp3) is 0.235. The van der Waals surface area contributed by atoms with E-state index in [9.17, 15) is 22.4 Å². The first-order valence-electron chi connectivity index (χ1n) is 7.56. The number of hydrogen-bond donors (Lipinski definition) is 2. The average molecular weight is 372 g/mol. The van der Waals surface area contributed by atoms with E-state index >= 15 is 0 Å². The second-order valence-electron chi connectivity index (χ2n) is 5.06. The Kier molecular flexibility index (Phi) is 7.07. The highest BCUT2D eigenvalue weighted by Gasteiger charge is 2.07. The zero-order valence-electron chi connectivity index (χ0n) is 13.4. The topological polar surface area (TPSA) is 59.6 Å². The molecule has 0 saturated carbocycles. The van der Waals surface area contributed by atoms with E-state index in [0.29, 0.717) is 12.1 Å². The minimum Gasteiger partial charge on any atom is -0.435 e. The average Bonchev–Trinajstić information content (AvgIpc) is 2.56. The SMILES string of the molecule is O=C(NCCc1cccc(OC(F)F)c1)Nc1ccc(OC(F)F)cc1. The summed E-state index contributed by atoms with van der Waals surface area (Å²) >= 11 is 0. The van der Waals surface area contributed by atoms with E-state index in [2.05, 4.69) is 20.1 Å². The van der Waals surface area contributed by atoms with Crippen LogP contribution in [0.25, 0.3) is 0 Å². The van der Waals surface area contributed by atoms with E-state index < -0.39 is 19.3 Å². The fourth-order valence-corrected chi connectivity index (χ4v) is 2.09. The summed E-state index contributed by atoms with van der Waals surface area (Å²) in [6.07, 6.45) is 0.412. The summed E-state index contributed by atoms with van der Waals surface area (Å²) in [7, 11) is 0. The lowest BCUT2D eigenvalue weighted by molar-refractivity contribution is -0.0505. The van der Waals surface area contributed by atoms with Crippen molar-refractivity contribution in [2.75, 3.05) is 11.9 Å². The maximum Gasteiger partial charge on any atom is 0.387 e. The molecule has 0 atom stereocenters. The van der Waals surface area contributed by atoms with E-state index in [-0.39, 0.29) is 18.0 Å². The largest absolute Gasteiger partial charge is 0.435 e. The summed E-state index contributed by atoms with van der Waals surface area (Å²) in [5.41, 5.74) is 1.12. The van der Waals surface area contributed by atoms with Crippen LogP contribution in [0.2, 0.25) is 0 Å². The third kappa shape index (κ3) is 6.88. The highest BCUT2D eigenvalue weighted by Crippen LogP contribution is 2.18. The second kappa shape index (κ2) is 9.50. The number of alkyl halides is 4. The molecule has 26 heavy (non-hydrogen) atoms. The molecule has 2 rings (SSSR count). The highest BCUT2D eigenvalue weighted by molar-refractivity contribution is 5.89. The smallest absolute Gasteiger partial charge is 0.387 e. The van der Waals surface area contributed by atoms with Crippen LogP contribution in [0.15, 0.2) is 48.5 Å². The van der Waals surface area contributed by atoms with Gasteiger partial charge in [-0.25, -0.2) is 4.79 Å². The van der Waals surface area contributed by atoms with E-state index in [1.165, 1.54) is 36.4 Å². The number of halogens is 4. The van der Waals surface area contributed by atoms with Gasteiger partial charge in [-0.1, -0.05) is 12.1 Å². The number of urea groups is 1. The normalized spacial score (nSPS) is 10.7. The maximum absolute atomic E-state index is 12.2. The molecule has 5 nitrogen and oxygen atoms in total. The van der Waals surface area contributed by atoms with Crippen LogP contribution >= 0.6 is 0 Å². The van der Waals surface area contributed by atoms with Gasteiger partial charge >= 0.3 is 19.3 Å². The number of benzene rings is 2. The Labute approximate surface area is 146 Å². The summed E-state index contributed by atoms with van der Waals surface area (Å²) in [6.45, 7) is -5.55. The molecule has 140 valence electrons. The third-order valence-corrected chi connectivity index (χ3v) is 3.16. The third-order valence-electron chi connectivity index (χ3n) is 3.16. The van der Waals surface area contributed by atoms with Crippen LogP contribution in [-0.4, -0.2) is 25.8 Å². The first-order valence-corrected chi connectivity index (χ1v) is 7.56. The first kappa shape index (κ1) is 19.4. The Morgan fingerprint density at radius 3 is 2.23 bits per heavy atom. The molecule has 0 aliphatic heterocycles. The van der Waals surface area contributed by atoms with Gasteiger partial charge in [0.1, 0.15) is 11.5 Å². The fourth-order valence-electron chi connectivity index (χ4n) is 2.09. The molecule has 2 aromatic carbocycles. The van der Waals surface area contributed by atoms with E-state index in [0.717, 1.165) is 5.56 Å². The van der Waals surface area contributed by atoms with Gasteiger partial charge < -0.3 is 20.1 Å². The maximum atomic E-state index is 12.2. The van der Waals surface area contributed by atoms with E-state index in [1.54, 1.807) is 12.1 Å². The van der Waals surface area contributed by atoms with Gasteiger partial charge in [0.05, 0.1) is 0 Å². The summed E-state index contributed by atoms with van der Waals surface area (Å²) in [5, 5.41) is 5.13. The molecule has 0 aromatic heterocycles. The molecule has 0 radical (unpaired) electrons. The molecule has 0 spiro atoms. The second-order valence-corrected chi connectivity index (χ2v) is 5.06. The van der Waals surface area contributed by atoms with Crippen LogP contribution in [0.4, 0.5) is 28.0 Å². The molecule has 0 unspecified atom stereocenters. The number of rotatable bonds is 8. The zero-order chi connectivity index (χ0) is 18.9. The summed E-state index contributed by atoms with van der Waals surface area (Å²) < 4.78 is 57.0. The molecule has 0 bridgehead atoms. The number of hydrogen-bond acceptors (Lipinski definition) is 3. The van der Waals surface area contributed by atoms with Crippen molar-refractivity contribution >= 4 is 11.7 Å². The predicted molar refractivity (Wildman–Crippen MR) is 86.9 cm³/mol. The molecule has 0 aliphatic carbocycles. The van der Waals surface area contributed by atoms with Crippen LogP contribution in [0.1, 0.15) is 5.56 Å². The minimum atomic E-state index is -2.92. The lowest BCUT2D eigenvalue weighted by Gasteiger charge is -2.10.